The summed E-state index contributed by atoms with van der Waals surface area (Å²) in [5.41, 5.74) is 0. The van der Waals surface area contributed by atoms with Crippen LogP contribution in [-0.2, 0) is 0 Å². The zero-order valence-corrected chi connectivity index (χ0v) is 12.1. The van der Waals surface area contributed by atoms with Gasteiger partial charge in [0.2, 0.25) is 0 Å². The zero-order valence-electron chi connectivity index (χ0n) is 11.3. The van der Waals surface area contributed by atoms with E-state index < -0.39 is 0 Å². The third-order valence-electron chi connectivity index (χ3n) is 3.88. The largest absolute Gasteiger partial charge is 0.311 e. The normalized spacial score (nSPS) is 27.9. The average molecular weight is 243 g/mol. The van der Waals surface area contributed by atoms with E-state index in [9.17, 15) is 0 Å². The van der Waals surface area contributed by atoms with Crippen molar-refractivity contribution in [3.8, 4) is 0 Å². The van der Waals surface area contributed by atoms with Crippen molar-refractivity contribution in [2.24, 2.45) is 0 Å². The first-order valence-corrected chi connectivity index (χ1v) is 8.37. The van der Waals surface area contributed by atoms with Gasteiger partial charge in [-0.1, -0.05) is 26.7 Å². The molecule has 0 saturated heterocycles. The molecule has 0 aliphatic heterocycles. The number of unbranched alkanes of at least 4 members (excludes halogenated alkanes) is 1. The molecule has 0 amide bonds. The van der Waals surface area contributed by atoms with Crippen LogP contribution >= 0.6 is 11.8 Å². The highest BCUT2D eigenvalue weighted by atomic mass is 32.2. The maximum absolute atomic E-state index is 3.88. The molecule has 1 unspecified atom stereocenters. The second kappa shape index (κ2) is 8.41. The lowest BCUT2D eigenvalue weighted by Crippen LogP contribution is -2.40. The summed E-state index contributed by atoms with van der Waals surface area (Å²) in [5, 5.41) is 4.81. The minimum atomic E-state index is 0.774. The van der Waals surface area contributed by atoms with E-state index in [-0.39, 0.29) is 0 Å². The van der Waals surface area contributed by atoms with Gasteiger partial charge in [0.05, 0.1) is 0 Å². The zero-order chi connectivity index (χ0) is 11.8. The molecule has 1 fully saturated rings. The van der Waals surface area contributed by atoms with Crippen LogP contribution in [0, 0.1) is 0 Å². The van der Waals surface area contributed by atoms with E-state index in [2.05, 4.69) is 37.2 Å². The van der Waals surface area contributed by atoms with Crippen molar-refractivity contribution in [2.45, 2.75) is 82.5 Å². The van der Waals surface area contributed by atoms with E-state index in [1.807, 2.05) is 0 Å². The molecule has 1 N–H and O–H groups in total. The Bertz CT molecular complexity index is 164. The Kier molecular flexibility index (Phi) is 7.55. The van der Waals surface area contributed by atoms with Gasteiger partial charge in [-0.05, 0) is 44.8 Å². The Labute approximate surface area is 106 Å². The van der Waals surface area contributed by atoms with Crippen LogP contribution in [0.15, 0.2) is 0 Å². The van der Waals surface area contributed by atoms with Gasteiger partial charge in [0.25, 0.3) is 0 Å². The van der Waals surface area contributed by atoms with E-state index >= 15 is 0 Å². The van der Waals surface area contributed by atoms with Crippen LogP contribution in [0.1, 0.15) is 65.2 Å². The first kappa shape index (κ1) is 14.4. The highest BCUT2D eigenvalue weighted by Crippen LogP contribution is 2.27. The van der Waals surface area contributed by atoms with Crippen molar-refractivity contribution in [3.63, 3.8) is 0 Å². The van der Waals surface area contributed by atoms with E-state index in [1.165, 1.54) is 51.4 Å². The van der Waals surface area contributed by atoms with Crippen molar-refractivity contribution in [1.82, 2.24) is 5.32 Å². The van der Waals surface area contributed by atoms with Crippen molar-refractivity contribution >= 4 is 11.8 Å². The summed E-state index contributed by atoms with van der Waals surface area (Å²) in [5.74, 6) is 0. The lowest BCUT2D eigenvalue weighted by Gasteiger charge is -2.31. The second-order valence-electron chi connectivity index (χ2n) is 5.12. The molecule has 0 aromatic carbocycles. The average Bonchev–Trinajstić information content (AvgIpc) is 2.35. The number of thioether (sulfide) groups is 1. The van der Waals surface area contributed by atoms with Crippen LogP contribution in [0.2, 0.25) is 0 Å². The van der Waals surface area contributed by atoms with Gasteiger partial charge in [-0.2, -0.15) is 11.8 Å². The maximum Gasteiger partial charge on any atom is 0.00704 e. The molecule has 0 aromatic heterocycles. The van der Waals surface area contributed by atoms with Gasteiger partial charge in [0.1, 0.15) is 0 Å². The first-order chi connectivity index (χ1) is 7.80. The highest BCUT2D eigenvalue weighted by Gasteiger charge is 2.21. The fourth-order valence-electron chi connectivity index (χ4n) is 2.65. The van der Waals surface area contributed by atoms with Crippen LogP contribution in [0.25, 0.3) is 0 Å². The summed E-state index contributed by atoms with van der Waals surface area (Å²) in [4.78, 5) is 0. The highest BCUT2D eigenvalue weighted by molar-refractivity contribution is 7.99. The smallest absolute Gasteiger partial charge is 0.00704 e. The molecule has 1 aliphatic carbocycles. The number of hydrogen-bond acceptors (Lipinski definition) is 2. The standard InChI is InChI=1S/C14H29NS/c1-4-6-7-12(5-2)15-13-8-10-14(16-3)11-9-13/h12-15H,4-11H2,1-3H3. The van der Waals surface area contributed by atoms with Crippen molar-refractivity contribution in [3.05, 3.63) is 0 Å². The summed E-state index contributed by atoms with van der Waals surface area (Å²) in [6, 6.07) is 1.58. The monoisotopic (exact) mass is 243 g/mol. The molecule has 16 heavy (non-hydrogen) atoms. The van der Waals surface area contributed by atoms with Crippen molar-refractivity contribution in [1.29, 1.82) is 0 Å². The first-order valence-electron chi connectivity index (χ1n) is 7.09. The summed E-state index contributed by atoms with van der Waals surface area (Å²) in [6.45, 7) is 4.61. The fourth-order valence-corrected chi connectivity index (χ4v) is 3.40. The molecule has 1 atom stereocenters. The van der Waals surface area contributed by atoms with Gasteiger partial charge in [-0.25, -0.2) is 0 Å². The van der Waals surface area contributed by atoms with E-state index in [4.69, 9.17) is 0 Å². The van der Waals surface area contributed by atoms with Gasteiger partial charge in [0, 0.05) is 17.3 Å². The predicted octanol–water partition coefficient (Wildman–Crippen LogP) is 4.22. The fraction of sp³-hybridized carbons (Fsp3) is 1.00. The Balaban J connectivity index is 2.20. The van der Waals surface area contributed by atoms with Crippen LogP contribution in [0.4, 0.5) is 0 Å². The molecule has 1 saturated carbocycles. The Morgan fingerprint density at radius 2 is 1.88 bits per heavy atom. The molecule has 1 aliphatic rings. The van der Waals surface area contributed by atoms with E-state index in [1.54, 1.807) is 0 Å². The maximum atomic E-state index is 3.88. The molecule has 1 rings (SSSR count). The molecule has 0 radical (unpaired) electrons. The molecule has 1 nitrogen and oxygen atoms in total. The summed E-state index contributed by atoms with van der Waals surface area (Å²) in [7, 11) is 0. The molecule has 2 heteroatoms. The molecule has 0 heterocycles. The van der Waals surface area contributed by atoms with Gasteiger partial charge in [-0.15, -0.1) is 0 Å². The SMILES string of the molecule is CCCCC(CC)NC1CCC(SC)CC1. The van der Waals surface area contributed by atoms with Crippen molar-refractivity contribution in [2.75, 3.05) is 6.26 Å². The molecular formula is C14H29NS. The summed E-state index contributed by atoms with van der Waals surface area (Å²) >= 11 is 2.06. The second-order valence-corrected chi connectivity index (χ2v) is 6.26. The quantitative estimate of drug-likeness (QED) is 0.718. The molecule has 96 valence electrons. The summed E-state index contributed by atoms with van der Waals surface area (Å²) < 4.78 is 0. The topological polar surface area (TPSA) is 12.0 Å². The lowest BCUT2D eigenvalue weighted by molar-refractivity contribution is 0.323. The molecule has 0 bridgehead atoms. The number of nitrogens with one attached hydrogen (secondary N) is 1. The molecule has 0 spiro atoms. The summed E-state index contributed by atoms with van der Waals surface area (Å²) in [6.07, 6.45) is 13.3. The minimum Gasteiger partial charge on any atom is -0.311 e. The third kappa shape index (κ3) is 5.09. The number of rotatable bonds is 7. The lowest BCUT2D eigenvalue weighted by atomic mass is 9.93. The van der Waals surface area contributed by atoms with E-state index in [0.29, 0.717) is 0 Å². The van der Waals surface area contributed by atoms with Crippen LogP contribution in [-0.4, -0.2) is 23.6 Å². The Hall–Kier alpha value is 0.310. The van der Waals surface area contributed by atoms with Gasteiger partial charge < -0.3 is 5.32 Å². The van der Waals surface area contributed by atoms with Crippen LogP contribution < -0.4 is 5.32 Å². The van der Waals surface area contributed by atoms with Gasteiger partial charge >= 0.3 is 0 Å². The Morgan fingerprint density at radius 1 is 1.19 bits per heavy atom. The van der Waals surface area contributed by atoms with Crippen LogP contribution in [0.3, 0.4) is 0 Å². The molecule has 0 aromatic rings. The number of hydrogen-bond donors (Lipinski definition) is 1. The van der Waals surface area contributed by atoms with Gasteiger partial charge in [-0.3, -0.25) is 0 Å². The third-order valence-corrected chi connectivity index (χ3v) is 5.02. The van der Waals surface area contributed by atoms with Crippen molar-refractivity contribution < 1.29 is 0 Å². The predicted molar refractivity (Wildman–Crippen MR) is 76.3 cm³/mol. The molecular weight excluding hydrogens is 214 g/mol. The van der Waals surface area contributed by atoms with Crippen LogP contribution in [0.5, 0.6) is 0 Å². The van der Waals surface area contributed by atoms with Gasteiger partial charge in [0.15, 0.2) is 0 Å². The van der Waals surface area contributed by atoms with E-state index in [0.717, 1.165) is 17.3 Å². The Morgan fingerprint density at radius 3 is 2.38 bits per heavy atom. The minimum absolute atomic E-state index is 0.774.